The molecule has 1 aliphatic rings. The molecule has 0 spiro atoms. The van der Waals surface area contributed by atoms with Gasteiger partial charge in [0.1, 0.15) is 11.6 Å². The summed E-state index contributed by atoms with van der Waals surface area (Å²) in [5.74, 6) is -1.74. The molecule has 1 aromatic rings. The third-order valence-corrected chi connectivity index (χ3v) is 2.39. The molecule has 0 saturated heterocycles. The van der Waals surface area contributed by atoms with E-state index < -0.39 is 22.6 Å². The predicted octanol–water partition coefficient (Wildman–Crippen LogP) is 2.10. The van der Waals surface area contributed by atoms with E-state index in [2.05, 4.69) is 0 Å². The molecule has 1 aromatic carbocycles. The highest BCUT2D eigenvalue weighted by atomic mass is 19.1. The van der Waals surface area contributed by atoms with Crippen molar-refractivity contribution in [2.45, 2.75) is 18.4 Å². The minimum Gasteiger partial charge on any atom is -0.264 e. The first-order chi connectivity index (χ1) is 6.59. The summed E-state index contributed by atoms with van der Waals surface area (Å²) in [6, 6.07) is 2.45. The van der Waals surface area contributed by atoms with Crippen LogP contribution in [0.15, 0.2) is 18.2 Å². The van der Waals surface area contributed by atoms with Gasteiger partial charge < -0.3 is 0 Å². The second kappa shape index (κ2) is 3.01. The van der Waals surface area contributed by atoms with Gasteiger partial charge >= 0.3 is 0 Å². The molecule has 0 bridgehead atoms. The highest BCUT2D eigenvalue weighted by Gasteiger charge is 2.50. The molecule has 1 saturated carbocycles. The van der Waals surface area contributed by atoms with E-state index in [1.54, 1.807) is 0 Å². The van der Waals surface area contributed by atoms with Crippen molar-refractivity contribution in [3.63, 3.8) is 0 Å². The zero-order valence-corrected chi connectivity index (χ0v) is 7.11. The lowest BCUT2D eigenvalue weighted by Gasteiger charge is -1.99. The molecule has 2 rings (SSSR count). The number of benzene rings is 1. The summed E-state index contributed by atoms with van der Waals surface area (Å²) in [6.07, 6.45) is 0.343. The van der Waals surface area contributed by atoms with Gasteiger partial charge in [-0.1, -0.05) is 6.07 Å². The molecule has 0 unspecified atom stereocenters. The van der Waals surface area contributed by atoms with Gasteiger partial charge in [-0.05, 0) is 11.6 Å². The molecule has 0 amide bonds. The Bertz CT molecular complexity index is 394. The van der Waals surface area contributed by atoms with E-state index in [0.29, 0.717) is 6.42 Å². The number of hydrogen-bond acceptors (Lipinski definition) is 2. The molecule has 5 heteroatoms. The molecule has 0 aromatic heterocycles. The number of nitrogens with zero attached hydrogens (tertiary/aromatic N) is 1. The fraction of sp³-hybridized carbons (Fsp3) is 0.333. The summed E-state index contributed by atoms with van der Waals surface area (Å²) < 4.78 is 25.6. The predicted molar refractivity (Wildman–Crippen MR) is 44.5 cm³/mol. The monoisotopic (exact) mass is 199 g/mol. The standard InChI is InChI=1S/C9H7F2NO2/c10-5-1-2-6(8(11)3-5)7-4-9(7)12(13)14/h1-3,7,9H,4H2/t7-,9+/m1/s1. The van der Waals surface area contributed by atoms with Crippen molar-refractivity contribution in [2.24, 2.45) is 0 Å². The lowest BCUT2D eigenvalue weighted by molar-refractivity contribution is -0.496. The fourth-order valence-corrected chi connectivity index (χ4v) is 1.55. The van der Waals surface area contributed by atoms with Crippen LogP contribution in [-0.2, 0) is 0 Å². The summed E-state index contributed by atoms with van der Waals surface area (Å²) in [4.78, 5) is 9.91. The van der Waals surface area contributed by atoms with Crippen molar-refractivity contribution in [3.05, 3.63) is 45.5 Å². The summed E-state index contributed by atoms with van der Waals surface area (Å²) >= 11 is 0. The summed E-state index contributed by atoms with van der Waals surface area (Å²) in [5.41, 5.74) is 0.244. The molecule has 1 aliphatic carbocycles. The third-order valence-electron chi connectivity index (χ3n) is 2.39. The van der Waals surface area contributed by atoms with Crippen molar-refractivity contribution < 1.29 is 13.7 Å². The van der Waals surface area contributed by atoms with E-state index in [-0.39, 0.29) is 11.5 Å². The maximum absolute atomic E-state index is 13.1. The van der Waals surface area contributed by atoms with Crippen molar-refractivity contribution in [2.75, 3.05) is 0 Å². The van der Waals surface area contributed by atoms with E-state index in [0.717, 1.165) is 12.1 Å². The van der Waals surface area contributed by atoms with Gasteiger partial charge in [-0.15, -0.1) is 0 Å². The Labute approximate surface area is 78.5 Å². The quantitative estimate of drug-likeness (QED) is 0.540. The van der Waals surface area contributed by atoms with Crippen LogP contribution in [0.25, 0.3) is 0 Å². The Morgan fingerprint density at radius 2 is 2.14 bits per heavy atom. The minimum atomic E-state index is -0.699. The summed E-state index contributed by atoms with van der Waals surface area (Å²) in [5, 5.41) is 10.3. The number of halogens is 2. The molecule has 3 nitrogen and oxygen atoms in total. The zero-order valence-electron chi connectivity index (χ0n) is 7.11. The first kappa shape index (κ1) is 9.05. The Morgan fingerprint density at radius 3 is 2.64 bits per heavy atom. The van der Waals surface area contributed by atoms with E-state index in [9.17, 15) is 18.9 Å². The molecule has 0 radical (unpaired) electrons. The Morgan fingerprint density at radius 1 is 1.43 bits per heavy atom. The van der Waals surface area contributed by atoms with Gasteiger partial charge in [0, 0.05) is 17.4 Å². The highest BCUT2D eigenvalue weighted by Crippen LogP contribution is 2.43. The molecule has 2 atom stereocenters. The third kappa shape index (κ3) is 1.45. The smallest absolute Gasteiger partial charge is 0.221 e. The van der Waals surface area contributed by atoms with Gasteiger partial charge in [-0.2, -0.15) is 0 Å². The second-order valence-corrected chi connectivity index (χ2v) is 3.36. The van der Waals surface area contributed by atoms with Gasteiger partial charge in [0.05, 0.1) is 5.92 Å². The van der Waals surface area contributed by atoms with Crippen LogP contribution in [0.5, 0.6) is 0 Å². The van der Waals surface area contributed by atoms with E-state index in [4.69, 9.17) is 0 Å². The maximum Gasteiger partial charge on any atom is 0.221 e. The molecular weight excluding hydrogens is 192 g/mol. The summed E-state index contributed by atoms with van der Waals surface area (Å²) in [7, 11) is 0. The van der Waals surface area contributed by atoms with Crippen LogP contribution in [0.2, 0.25) is 0 Å². The molecule has 0 aliphatic heterocycles. The van der Waals surface area contributed by atoms with Gasteiger partial charge in [-0.25, -0.2) is 8.78 Å². The molecule has 74 valence electrons. The van der Waals surface area contributed by atoms with Crippen LogP contribution in [-0.4, -0.2) is 11.0 Å². The molecule has 0 heterocycles. The normalized spacial score (nSPS) is 24.7. The molecular formula is C9H7F2NO2. The van der Waals surface area contributed by atoms with E-state index in [1.165, 1.54) is 6.07 Å². The fourth-order valence-electron chi connectivity index (χ4n) is 1.55. The van der Waals surface area contributed by atoms with Crippen LogP contribution in [0.3, 0.4) is 0 Å². The zero-order chi connectivity index (χ0) is 10.3. The van der Waals surface area contributed by atoms with Gasteiger partial charge in [-0.3, -0.25) is 10.1 Å². The van der Waals surface area contributed by atoms with Crippen molar-refractivity contribution in [1.82, 2.24) is 0 Å². The number of rotatable bonds is 2. The van der Waals surface area contributed by atoms with E-state index in [1.807, 2.05) is 0 Å². The number of hydrogen-bond donors (Lipinski definition) is 0. The summed E-state index contributed by atoms with van der Waals surface area (Å²) in [6.45, 7) is 0. The largest absolute Gasteiger partial charge is 0.264 e. The topological polar surface area (TPSA) is 43.1 Å². The first-order valence-electron chi connectivity index (χ1n) is 4.18. The molecule has 14 heavy (non-hydrogen) atoms. The Balaban J connectivity index is 2.23. The minimum absolute atomic E-state index is 0.244. The van der Waals surface area contributed by atoms with Crippen molar-refractivity contribution in [3.8, 4) is 0 Å². The van der Waals surface area contributed by atoms with Crippen LogP contribution in [0, 0.1) is 21.7 Å². The Hall–Kier alpha value is -1.52. The van der Waals surface area contributed by atoms with E-state index >= 15 is 0 Å². The average molecular weight is 199 g/mol. The first-order valence-corrected chi connectivity index (χ1v) is 4.18. The van der Waals surface area contributed by atoms with Crippen LogP contribution >= 0.6 is 0 Å². The number of nitro groups is 1. The second-order valence-electron chi connectivity index (χ2n) is 3.36. The Kier molecular flexibility index (Phi) is 1.94. The molecule has 1 fully saturated rings. The average Bonchev–Trinajstić information content (AvgIpc) is 2.83. The van der Waals surface area contributed by atoms with Gasteiger partial charge in [0.25, 0.3) is 0 Å². The molecule has 0 N–H and O–H groups in total. The highest BCUT2D eigenvalue weighted by molar-refractivity contribution is 5.28. The van der Waals surface area contributed by atoms with Crippen LogP contribution < -0.4 is 0 Å². The van der Waals surface area contributed by atoms with Crippen LogP contribution in [0.1, 0.15) is 17.9 Å². The van der Waals surface area contributed by atoms with Gasteiger partial charge in [0.15, 0.2) is 0 Å². The van der Waals surface area contributed by atoms with Crippen LogP contribution in [0.4, 0.5) is 8.78 Å². The lowest BCUT2D eigenvalue weighted by atomic mass is 10.1. The van der Waals surface area contributed by atoms with Crippen molar-refractivity contribution in [1.29, 1.82) is 0 Å². The lowest BCUT2D eigenvalue weighted by Crippen LogP contribution is -2.03. The maximum atomic E-state index is 13.1. The van der Waals surface area contributed by atoms with Crippen molar-refractivity contribution >= 4 is 0 Å². The SMILES string of the molecule is O=[N+]([O-])[C@H]1C[C@@H]1c1ccc(F)cc1F. The van der Waals surface area contributed by atoms with Gasteiger partial charge in [0.2, 0.25) is 6.04 Å².